The van der Waals surface area contributed by atoms with Crippen molar-refractivity contribution in [2.75, 3.05) is 0 Å². The molecule has 0 N–H and O–H groups in total. The number of hydrogen-bond acceptors (Lipinski definition) is 3. The van der Waals surface area contributed by atoms with Gasteiger partial charge in [-0.05, 0) is 86.4 Å². The Kier molecular flexibility index (Phi) is 18.0. The predicted molar refractivity (Wildman–Crippen MR) is 143 cm³/mol. The van der Waals surface area contributed by atoms with Gasteiger partial charge in [-0.15, -0.1) is 0 Å². The van der Waals surface area contributed by atoms with Crippen LogP contribution in [0.2, 0.25) is 0 Å². The van der Waals surface area contributed by atoms with Crippen LogP contribution in [0.1, 0.15) is 80.7 Å². The van der Waals surface area contributed by atoms with Crippen molar-refractivity contribution in [1.29, 1.82) is 0 Å². The molecule has 7 heteroatoms. The van der Waals surface area contributed by atoms with Gasteiger partial charge in [0.15, 0.2) is 0 Å². The molecule has 0 saturated heterocycles. The van der Waals surface area contributed by atoms with Crippen LogP contribution in [-0.2, 0) is 42.8 Å². The van der Waals surface area contributed by atoms with Crippen LogP contribution in [-0.4, -0.2) is 16.4 Å². The Morgan fingerprint density at radius 1 is 0.622 bits per heavy atom. The van der Waals surface area contributed by atoms with Crippen molar-refractivity contribution in [2.45, 2.75) is 74.1 Å². The summed E-state index contributed by atoms with van der Waals surface area (Å²) in [7, 11) is 0. The summed E-state index contributed by atoms with van der Waals surface area (Å²) in [5, 5.41) is 0. The van der Waals surface area contributed by atoms with Gasteiger partial charge in [0, 0.05) is 0 Å². The summed E-state index contributed by atoms with van der Waals surface area (Å²) in [4.78, 5) is 15.1. The summed E-state index contributed by atoms with van der Waals surface area (Å²) in [6.07, 6.45) is 3.87. The Morgan fingerprint density at radius 3 is 1.19 bits per heavy atom. The largest absolute Gasteiger partial charge is 3.00 e. The Morgan fingerprint density at radius 2 is 0.919 bits per heavy atom. The topological polar surface area (TPSA) is 37.6 Å². The molecule has 1 radical (unpaired) electrons. The Balaban J connectivity index is 0. The second-order valence-electron chi connectivity index (χ2n) is 8.57. The van der Waals surface area contributed by atoms with Crippen molar-refractivity contribution in [3.05, 3.63) is 87.7 Å². The van der Waals surface area contributed by atoms with Crippen molar-refractivity contribution in [2.24, 2.45) is 9.98 Å². The molecule has 0 aliphatic rings. The minimum absolute atomic E-state index is 0. The van der Waals surface area contributed by atoms with Crippen molar-refractivity contribution in [3.63, 3.8) is 0 Å². The molecular weight excluding hydrogens is 565 g/mol. The van der Waals surface area contributed by atoms with Gasteiger partial charge >= 0.3 is 17.1 Å². The van der Waals surface area contributed by atoms with Gasteiger partial charge in [0.1, 0.15) is 0 Å². The van der Waals surface area contributed by atoms with E-state index >= 15 is 0 Å². The van der Waals surface area contributed by atoms with Crippen LogP contribution < -0.4 is 37.2 Å². The third kappa shape index (κ3) is 9.23. The van der Waals surface area contributed by atoms with Gasteiger partial charge in [-0.25, -0.2) is 4.98 Å². The zero-order valence-electron chi connectivity index (χ0n) is 22.8. The minimum atomic E-state index is 0. The standard InChI is InChI=1S/C30H37N3.3ClH.Fe/c1-8-23-14-12-15-24(9-2)29(23)31-21(6)27-18-20(5)19-28(33-27)22(7)32-30-25(10-3)16-13-17-26(30)11-4;;;;/h12-19H,8-11H2,1-7H3;3*1H;/q;;;;+3/p-3. The van der Waals surface area contributed by atoms with Crippen molar-refractivity contribution in [3.8, 4) is 0 Å². The van der Waals surface area contributed by atoms with E-state index in [1.165, 1.54) is 22.3 Å². The first-order chi connectivity index (χ1) is 15.9. The van der Waals surface area contributed by atoms with E-state index in [0.29, 0.717) is 0 Å². The Bertz CT molecular complexity index is 1070. The maximum Gasteiger partial charge on any atom is 3.00 e. The molecule has 0 atom stereocenters. The van der Waals surface area contributed by atoms with E-state index < -0.39 is 0 Å². The second kappa shape index (κ2) is 17.8. The van der Waals surface area contributed by atoms with Gasteiger partial charge in [-0.3, -0.25) is 9.98 Å². The van der Waals surface area contributed by atoms with Crippen LogP contribution in [0.4, 0.5) is 11.4 Å². The van der Waals surface area contributed by atoms with Gasteiger partial charge in [-0.1, -0.05) is 64.1 Å². The summed E-state index contributed by atoms with van der Waals surface area (Å²) >= 11 is 0. The smallest absolute Gasteiger partial charge is 1.00 e. The maximum atomic E-state index is 5.07. The van der Waals surface area contributed by atoms with E-state index in [1.54, 1.807) is 0 Å². The number of halogens is 3. The van der Waals surface area contributed by atoms with Gasteiger partial charge in [0.25, 0.3) is 0 Å². The number of aryl methyl sites for hydroxylation is 5. The number of aliphatic imine (C=N–C) groups is 2. The molecule has 0 spiro atoms. The Labute approximate surface area is 252 Å². The van der Waals surface area contributed by atoms with E-state index in [9.17, 15) is 0 Å². The Hall–Kier alpha value is -1.68. The van der Waals surface area contributed by atoms with E-state index in [1.807, 2.05) is 0 Å². The summed E-state index contributed by atoms with van der Waals surface area (Å²) in [6.45, 7) is 15.0. The molecule has 0 aliphatic heterocycles. The van der Waals surface area contributed by atoms with Crippen LogP contribution in [0.15, 0.2) is 58.5 Å². The predicted octanol–water partition coefficient (Wildman–Crippen LogP) is -1.07. The van der Waals surface area contributed by atoms with E-state index in [4.69, 9.17) is 15.0 Å². The fraction of sp³-hybridized carbons (Fsp3) is 0.367. The number of aromatic nitrogens is 1. The summed E-state index contributed by atoms with van der Waals surface area (Å²) < 4.78 is 0. The van der Waals surface area contributed by atoms with Crippen LogP contribution in [0.3, 0.4) is 0 Å². The number of nitrogens with zero attached hydrogens (tertiary/aromatic N) is 3. The van der Waals surface area contributed by atoms with Crippen LogP contribution in [0, 0.1) is 6.92 Å². The fourth-order valence-electron chi connectivity index (χ4n) is 4.21. The summed E-state index contributed by atoms with van der Waals surface area (Å²) in [6, 6.07) is 17.2. The summed E-state index contributed by atoms with van der Waals surface area (Å²) in [5.74, 6) is 0. The number of pyridine rings is 1. The SMILES string of the molecule is CCc1cccc(CC)c1N=C(C)c1cc(C)cc(C(C)=Nc2c(CC)cccc2CC)n1.[Cl-].[Cl-].[Cl-].[Fe+3]. The second-order valence-corrected chi connectivity index (χ2v) is 8.57. The molecule has 0 unspecified atom stereocenters. The van der Waals surface area contributed by atoms with Gasteiger partial charge in [0.2, 0.25) is 0 Å². The molecule has 0 aliphatic carbocycles. The molecule has 3 nitrogen and oxygen atoms in total. The van der Waals surface area contributed by atoms with E-state index in [2.05, 4.69) is 97.0 Å². The van der Waals surface area contributed by atoms with Crippen LogP contribution >= 0.6 is 0 Å². The zero-order chi connectivity index (χ0) is 24.0. The normalized spacial score (nSPS) is 11.0. The minimum Gasteiger partial charge on any atom is -1.00 e. The number of benzene rings is 2. The number of hydrogen-bond donors (Lipinski definition) is 0. The number of para-hydroxylation sites is 2. The van der Waals surface area contributed by atoms with Crippen molar-refractivity contribution in [1.82, 2.24) is 4.98 Å². The van der Waals surface area contributed by atoms with Gasteiger partial charge < -0.3 is 37.2 Å². The quantitative estimate of drug-likeness (QED) is 0.240. The average Bonchev–Trinajstić information content (AvgIpc) is 2.83. The fourth-order valence-corrected chi connectivity index (χ4v) is 4.21. The van der Waals surface area contributed by atoms with E-state index in [-0.39, 0.29) is 54.3 Å². The molecule has 2 aromatic carbocycles. The summed E-state index contributed by atoms with van der Waals surface area (Å²) in [5.41, 5.74) is 12.2. The van der Waals surface area contributed by atoms with Gasteiger partial charge in [-0.2, -0.15) is 0 Å². The zero-order valence-corrected chi connectivity index (χ0v) is 26.1. The molecule has 201 valence electrons. The molecule has 0 fully saturated rings. The molecule has 3 rings (SSSR count). The van der Waals surface area contributed by atoms with Crippen LogP contribution in [0.25, 0.3) is 0 Å². The third-order valence-corrected chi connectivity index (χ3v) is 6.20. The maximum absolute atomic E-state index is 5.07. The average molecular weight is 602 g/mol. The first kappa shape index (κ1) is 37.5. The molecule has 1 aromatic heterocycles. The molecular formula is C30H37Cl3FeN3. The number of rotatable bonds is 8. The first-order valence-electron chi connectivity index (χ1n) is 12.2. The first-order valence-corrected chi connectivity index (χ1v) is 12.2. The monoisotopic (exact) mass is 600 g/mol. The molecule has 0 saturated carbocycles. The molecule has 3 aromatic rings. The van der Waals surface area contributed by atoms with Crippen molar-refractivity contribution < 1.29 is 54.3 Å². The molecule has 37 heavy (non-hydrogen) atoms. The molecule has 0 amide bonds. The van der Waals surface area contributed by atoms with Crippen LogP contribution in [0.5, 0.6) is 0 Å². The molecule has 0 bridgehead atoms. The van der Waals surface area contributed by atoms with Crippen molar-refractivity contribution >= 4 is 22.8 Å². The van der Waals surface area contributed by atoms with E-state index in [0.717, 1.165) is 65.4 Å². The third-order valence-electron chi connectivity index (χ3n) is 6.20. The van der Waals surface area contributed by atoms with Gasteiger partial charge in [0.05, 0.1) is 34.2 Å². The molecule has 1 heterocycles.